The highest BCUT2D eigenvalue weighted by atomic mass is 16.1. The number of benzene rings is 2. The summed E-state index contributed by atoms with van der Waals surface area (Å²) in [5.41, 5.74) is 0.741. The van der Waals surface area contributed by atoms with Crippen LogP contribution in [0.4, 0.5) is 0 Å². The number of hydrogen-bond acceptors (Lipinski definition) is 3. The van der Waals surface area contributed by atoms with Crippen LogP contribution in [-0.4, -0.2) is 61.5 Å². The first-order chi connectivity index (χ1) is 11.8. The van der Waals surface area contributed by atoms with E-state index in [1.807, 2.05) is 36.4 Å². The molecular formula is C20H27N3O. The van der Waals surface area contributed by atoms with Crippen LogP contribution in [0.15, 0.2) is 42.5 Å². The summed E-state index contributed by atoms with van der Waals surface area (Å²) >= 11 is 0. The largest absolute Gasteiger partial charge is 0.352 e. The van der Waals surface area contributed by atoms with Gasteiger partial charge in [0.2, 0.25) is 0 Å². The first-order valence-electron chi connectivity index (χ1n) is 8.98. The second-order valence-electron chi connectivity index (χ2n) is 6.45. The maximum absolute atomic E-state index is 12.3. The van der Waals surface area contributed by atoms with Crippen molar-refractivity contribution in [2.24, 2.45) is 0 Å². The Bertz CT molecular complexity index is 677. The van der Waals surface area contributed by atoms with Crippen LogP contribution in [0.25, 0.3) is 10.8 Å². The summed E-state index contributed by atoms with van der Waals surface area (Å²) in [5, 5.41) is 5.32. The van der Waals surface area contributed by atoms with Gasteiger partial charge in [-0.05, 0) is 42.4 Å². The van der Waals surface area contributed by atoms with Crippen LogP contribution in [-0.2, 0) is 0 Å². The number of amides is 1. The Labute approximate surface area is 144 Å². The third-order valence-corrected chi connectivity index (χ3v) is 4.86. The average Bonchev–Trinajstić information content (AvgIpc) is 2.65. The fourth-order valence-electron chi connectivity index (χ4n) is 3.27. The van der Waals surface area contributed by atoms with Gasteiger partial charge in [-0.15, -0.1) is 0 Å². The number of piperazine rings is 1. The van der Waals surface area contributed by atoms with Crippen molar-refractivity contribution in [1.82, 2.24) is 15.1 Å². The zero-order valence-electron chi connectivity index (χ0n) is 14.5. The molecule has 1 aliphatic heterocycles. The van der Waals surface area contributed by atoms with Crippen LogP contribution in [0.1, 0.15) is 23.7 Å². The number of fused-ring (bicyclic) bond motifs is 1. The highest BCUT2D eigenvalue weighted by Crippen LogP contribution is 2.15. The molecule has 0 saturated carbocycles. The summed E-state index contributed by atoms with van der Waals surface area (Å²) in [7, 11) is 0. The first kappa shape index (κ1) is 16.9. The maximum atomic E-state index is 12.3. The second kappa shape index (κ2) is 8.27. The molecule has 4 heteroatoms. The van der Waals surface area contributed by atoms with Crippen molar-refractivity contribution in [3.63, 3.8) is 0 Å². The lowest BCUT2D eigenvalue weighted by atomic mass is 10.1. The molecule has 0 aliphatic carbocycles. The van der Waals surface area contributed by atoms with Gasteiger partial charge in [-0.25, -0.2) is 0 Å². The Balaban J connectivity index is 1.42. The number of likely N-dealkylation sites (N-methyl/N-ethyl adjacent to an activating group) is 1. The van der Waals surface area contributed by atoms with Gasteiger partial charge in [0.1, 0.15) is 0 Å². The van der Waals surface area contributed by atoms with Crippen LogP contribution < -0.4 is 5.32 Å². The molecule has 1 aliphatic rings. The van der Waals surface area contributed by atoms with Crippen LogP contribution in [0.2, 0.25) is 0 Å². The molecule has 1 fully saturated rings. The molecule has 2 aromatic rings. The summed E-state index contributed by atoms with van der Waals surface area (Å²) in [6, 6.07) is 14.0. The SMILES string of the molecule is CCN1CCN(CCCNC(=O)c2ccc3ccccc3c2)CC1. The van der Waals surface area contributed by atoms with Crippen LogP contribution in [0.5, 0.6) is 0 Å². The maximum Gasteiger partial charge on any atom is 0.251 e. The van der Waals surface area contributed by atoms with E-state index in [4.69, 9.17) is 0 Å². The predicted molar refractivity (Wildman–Crippen MR) is 99.5 cm³/mol. The standard InChI is InChI=1S/C20H27N3O/c1-2-22-12-14-23(15-13-22)11-5-10-21-20(24)19-9-8-17-6-3-4-7-18(17)16-19/h3-4,6-9,16H,2,5,10-15H2,1H3,(H,21,24). The molecule has 1 amide bonds. The normalized spacial score (nSPS) is 16.4. The third kappa shape index (κ3) is 4.34. The van der Waals surface area contributed by atoms with Gasteiger partial charge in [0.15, 0.2) is 0 Å². The fraction of sp³-hybridized carbons (Fsp3) is 0.450. The van der Waals surface area contributed by atoms with Crippen LogP contribution >= 0.6 is 0 Å². The Morgan fingerprint density at radius 1 is 1.00 bits per heavy atom. The quantitative estimate of drug-likeness (QED) is 0.829. The smallest absolute Gasteiger partial charge is 0.251 e. The Morgan fingerprint density at radius 3 is 2.46 bits per heavy atom. The van der Waals surface area contributed by atoms with Crippen molar-refractivity contribution in [3.05, 3.63) is 48.0 Å². The number of nitrogens with one attached hydrogen (secondary N) is 1. The van der Waals surface area contributed by atoms with E-state index >= 15 is 0 Å². The van der Waals surface area contributed by atoms with Crippen LogP contribution in [0.3, 0.4) is 0 Å². The van der Waals surface area contributed by atoms with Gasteiger partial charge in [0.05, 0.1) is 0 Å². The van der Waals surface area contributed by atoms with Gasteiger partial charge in [-0.3, -0.25) is 4.79 Å². The van der Waals surface area contributed by atoms with E-state index in [0.717, 1.165) is 50.1 Å². The van der Waals surface area contributed by atoms with Crippen molar-refractivity contribution < 1.29 is 4.79 Å². The Hall–Kier alpha value is -1.91. The lowest BCUT2D eigenvalue weighted by Gasteiger charge is -2.33. The number of rotatable bonds is 6. The molecule has 1 heterocycles. The van der Waals surface area contributed by atoms with Crippen molar-refractivity contribution in [2.45, 2.75) is 13.3 Å². The first-order valence-corrected chi connectivity index (χ1v) is 8.98. The second-order valence-corrected chi connectivity index (χ2v) is 6.45. The number of carbonyl (C=O) groups excluding carboxylic acids is 1. The molecule has 1 N–H and O–H groups in total. The minimum Gasteiger partial charge on any atom is -0.352 e. The van der Waals surface area contributed by atoms with E-state index in [0.29, 0.717) is 0 Å². The van der Waals surface area contributed by atoms with Gasteiger partial charge in [-0.1, -0.05) is 37.3 Å². The molecule has 0 atom stereocenters. The van der Waals surface area contributed by atoms with E-state index in [1.165, 1.54) is 18.5 Å². The van der Waals surface area contributed by atoms with Crippen molar-refractivity contribution in [2.75, 3.05) is 45.8 Å². The highest BCUT2D eigenvalue weighted by molar-refractivity contribution is 5.98. The summed E-state index contributed by atoms with van der Waals surface area (Å²) in [4.78, 5) is 17.3. The molecule has 3 rings (SSSR count). The van der Waals surface area contributed by atoms with E-state index in [1.54, 1.807) is 0 Å². The van der Waals surface area contributed by atoms with E-state index in [9.17, 15) is 4.79 Å². The molecule has 1 saturated heterocycles. The van der Waals surface area contributed by atoms with E-state index in [2.05, 4.69) is 28.1 Å². The molecular weight excluding hydrogens is 298 g/mol. The fourth-order valence-corrected chi connectivity index (χ4v) is 3.27. The van der Waals surface area contributed by atoms with E-state index in [-0.39, 0.29) is 5.91 Å². The number of hydrogen-bond donors (Lipinski definition) is 1. The Morgan fingerprint density at radius 2 is 1.71 bits per heavy atom. The Kier molecular flexibility index (Phi) is 5.83. The minimum atomic E-state index is 0.0246. The molecule has 0 radical (unpaired) electrons. The molecule has 0 spiro atoms. The van der Waals surface area contributed by atoms with Crippen molar-refractivity contribution >= 4 is 16.7 Å². The topological polar surface area (TPSA) is 35.6 Å². The van der Waals surface area contributed by atoms with Gasteiger partial charge < -0.3 is 15.1 Å². The molecule has 0 bridgehead atoms. The zero-order valence-corrected chi connectivity index (χ0v) is 14.5. The van der Waals surface area contributed by atoms with Crippen LogP contribution in [0, 0.1) is 0 Å². The number of carbonyl (C=O) groups is 1. The van der Waals surface area contributed by atoms with Crippen molar-refractivity contribution in [1.29, 1.82) is 0 Å². The molecule has 2 aromatic carbocycles. The average molecular weight is 325 g/mol. The summed E-state index contributed by atoms with van der Waals surface area (Å²) in [5.74, 6) is 0.0246. The van der Waals surface area contributed by atoms with Gasteiger partial charge in [-0.2, -0.15) is 0 Å². The number of nitrogens with zero attached hydrogens (tertiary/aromatic N) is 2. The zero-order chi connectivity index (χ0) is 16.8. The molecule has 0 unspecified atom stereocenters. The summed E-state index contributed by atoms with van der Waals surface area (Å²) < 4.78 is 0. The molecule has 4 nitrogen and oxygen atoms in total. The van der Waals surface area contributed by atoms with Gasteiger partial charge in [0, 0.05) is 38.3 Å². The minimum absolute atomic E-state index is 0.0246. The third-order valence-electron chi connectivity index (χ3n) is 4.86. The monoisotopic (exact) mass is 325 g/mol. The lowest BCUT2D eigenvalue weighted by molar-refractivity contribution is 0.0948. The van der Waals surface area contributed by atoms with Crippen molar-refractivity contribution in [3.8, 4) is 0 Å². The molecule has 24 heavy (non-hydrogen) atoms. The van der Waals surface area contributed by atoms with Gasteiger partial charge in [0.25, 0.3) is 5.91 Å². The highest BCUT2D eigenvalue weighted by Gasteiger charge is 2.14. The van der Waals surface area contributed by atoms with Gasteiger partial charge >= 0.3 is 0 Å². The lowest BCUT2D eigenvalue weighted by Crippen LogP contribution is -2.46. The predicted octanol–water partition coefficient (Wildman–Crippen LogP) is 2.60. The molecule has 0 aromatic heterocycles. The van der Waals surface area contributed by atoms with E-state index < -0.39 is 0 Å². The summed E-state index contributed by atoms with van der Waals surface area (Å²) in [6.07, 6.45) is 1.01. The summed E-state index contributed by atoms with van der Waals surface area (Å²) in [6.45, 7) is 9.79. The molecule has 128 valence electrons.